The first-order valence-corrected chi connectivity index (χ1v) is 13.0. The number of H-pyrrole nitrogens is 1. The molecule has 0 radical (unpaired) electrons. The third-order valence-electron chi connectivity index (χ3n) is 5.74. The fourth-order valence-corrected chi connectivity index (χ4v) is 4.30. The molecule has 10 heteroatoms. The number of halogens is 2. The third-order valence-corrected chi connectivity index (χ3v) is 6.21. The fourth-order valence-electron chi connectivity index (χ4n) is 3.95. The Hall–Kier alpha value is -2.78. The number of imidazole rings is 1. The summed E-state index contributed by atoms with van der Waals surface area (Å²) in [5.74, 6) is 1.66. The Morgan fingerprint density at radius 2 is 1.73 bits per heavy atom. The first kappa shape index (κ1) is 30.4. The zero-order valence-corrected chi connectivity index (χ0v) is 22.6. The summed E-state index contributed by atoms with van der Waals surface area (Å²) in [4.78, 5) is 39.7. The molecule has 2 aromatic carbocycles. The molecule has 8 nitrogen and oxygen atoms in total. The second-order valence-corrected chi connectivity index (χ2v) is 9.34. The Balaban J connectivity index is 0.000000195. The van der Waals surface area contributed by atoms with Crippen LogP contribution in [0.3, 0.4) is 0 Å². The first-order valence-electron chi connectivity index (χ1n) is 12.2. The van der Waals surface area contributed by atoms with E-state index in [4.69, 9.17) is 27.9 Å². The van der Waals surface area contributed by atoms with E-state index < -0.39 is 6.10 Å². The monoisotopic (exact) mass is 548 g/mol. The van der Waals surface area contributed by atoms with Gasteiger partial charge in [-0.25, -0.2) is 4.98 Å². The number of nitrogens with one attached hydrogen (secondary N) is 2. The van der Waals surface area contributed by atoms with E-state index in [1.165, 1.54) is 26.3 Å². The van der Waals surface area contributed by atoms with Gasteiger partial charge in [0, 0.05) is 16.0 Å². The molecule has 200 valence electrons. The van der Waals surface area contributed by atoms with Crippen LogP contribution in [-0.4, -0.2) is 48.5 Å². The highest BCUT2D eigenvalue weighted by atomic mass is 35.5. The van der Waals surface area contributed by atoms with Crippen molar-refractivity contribution in [2.24, 2.45) is 11.7 Å². The number of carbonyl (C=O) groups is 3. The van der Waals surface area contributed by atoms with Gasteiger partial charge >= 0.3 is 0 Å². The number of aromatic nitrogens is 2. The highest BCUT2D eigenvalue weighted by Crippen LogP contribution is 2.29. The summed E-state index contributed by atoms with van der Waals surface area (Å²) in [7, 11) is 3.39. The summed E-state index contributed by atoms with van der Waals surface area (Å²) in [6.45, 7) is 0.742. The molecule has 37 heavy (non-hydrogen) atoms. The number of Topliss-reactive ketones (excluding diaryl/α,β-unsaturated/α-hetero) is 1. The lowest BCUT2D eigenvalue weighted by atomic mass is 9.91. The summed E-state index contributed by atoms with van der Waals surface area (Å²) < 4.78 is 5.26. The Labute approximate surface area is 227 Å². The topological polar surface area (TPSA) is 127 Å². The average Bonchev–Trinajstić information content (AvgIpc) is 3.33. The molecule has 0 spiro atoms. The van der Waals surface area contributed by atoms with Crippen LogP contribution in [0.1, 0.15) is 54.7 Å². The third kappa shape index (κ3) is 9.55. The van der Waals surface area contributed by atoms with Crippen LogP contribution in [0.2, 0.25) is 10.0 Å². The van der Waals surface area contributed by atoms with Crippen LogP contribution < -0.4 is 15.8 Å². The molecule has 2 aliphatic rings. The van der Waals surface area contributed by atoms with Crippen LogP contribution in [0, 0.1) is 5.92 Å². The number of aromatic amines is 1. The molecular formula is C27H34Cl2N4O4. The van der Waals surface area contributed by atoms with Crippen LogP contribution in [0.5, 0.6) is 5.75 Å². The minimum atomic E-state index is -0.656. The number of benzene rings is 2. The number of aldehydes is 2. The molecule has 0 amide bonds. The van der Waals surface area contributed by atoms with Gasteiger partial charge in [-0.1, -0.05) is 42.5 Å². The van der Waals surface area contributed by atoms with E-state index in [9.17, 15) is 14.4 Å². The van der Waals surface area contributed by atoms with Gasteiger partial charge in [0.25, 0.3) is 0 Å². The largest absolute Gasteiger partial charge is 0.482 e. The predicted octanol–water partition coefficient (Wildman–Crippen LogP) is 5.15. The first-order chi connectivity index (χ1) is 17.9. The van der Waals surface area contributed by atoms with Crippen molar-refractivity contribution in [1.82, 2.24) is 15.3 Å². The molecule has 1 aliphatic carbocycles. The summed E-state index contributed by atoms with van der Waals surface area (Å²) in [5, 5.41) is 4.25. The Morgan fingerprint density at radius 3 is 2.35 bits per heavy atom. The van der Waals surface area contributed by atoms with Crippen molar-refractivity contribution >= 4 is 52.6 Å². The van der Waals surface area contributed by atoms with Gasteiger partial charge < -0.3 is 25.6 Å². The van der Waals surface area contributed by atoms with Gasteiger partial charge in [0.1, 0.15) is 17.9 Å². The van der Waals surface area contributed by atoms with Crippen molar-refractivity contribution in [3.8, 4) is 5.75 Å². The van der Waals surface area contributed by atoms with Gasteiger partial charge in [-0.3, -0.25) is 9.59 Å². The molecule has 0 bridgehead atoms. The molecule has 1 saturated carbocycles. The standard InChI is InChI=1S/C10H7ClO3.C9H10ClN3.C7H12O.CH5N/c11-6-1-2-10-8(3-6)9(13)4-7(5-12)14-10;1-11-5-9-12-7-3-2-6(10)4-8(7)13-9;8-6-7-4-2-1-3-5-7;1-2/h1-3,5,7H,4H2;2-4,11H,5H2,1H3,(H,12,13);6-7H,1-5H2;2H2,1H3. The van der Waals surface area contributed by atoms with Gasteiger partial charge in [-0.2, -0.15) is 0 Å². The molecule has 1 aromatic heterocycles. The number of nitrogens with zero attached hydrogens (tertiary/aromatic N) is 1. The molecule has 4 N–H and O–H groups in total. The van der Waals surface area contributed by atoms with Crippen molar-refractivity contribution in [1.29, 1.82) is 0 Å². The minimum absolute atomic E-state index is 0.0941. The highest BCUT2D eigenvalue weighted by Gasteiger charge is 2.25. The van der Waals surface area contributed by atoms with Crippen LogP contribution >= 0.6 is 23.2 Å². The highest BCUT2D eigenvalue weighted by molar-refractivity contribution is 6.31. The van der Waals surface area contributed by atoms with Gasteiger partial charge in [-0.15, -0.1) is 0 Å². The zero-order chi connectivity index (χ0) is 27.2. The van der Waals surface area contributed by atoms with Crippen molar-refractivity contribution in [3.05, 3.63) is 57.8 Å². The van der Waals surface area contributed by atoms with Crippen LogP contribution in [0.25, 0.3) is 11.0 Å². The van der Waals surface area contributed by atoms with E-state index in [2.05, 4.69) is 21.0 Å². The number of hydrogen-bond acceptors (Lipinski definition) is 7. The summed E-state index contributed by atoms with van der Waals surface area (Å²) in [6.07, 6.45) is 7.34. The smallest absolute Gasteiger partial charge is 0.170 e. The van der Waals surface area contributed by atoms with Gasteiger partial charge in [0.15, 0.2) is 18.2 Å². The van der Waals surface area contributed by atoms with Crippen LogP contribution in [-0.2, 0) is 16.1 Å². The lowest BCUT2D eigenvalue weighted by Crippen LogP contribution is -2.27. The summed E-state index contributed by atoms with van der Waals surface area (Å²) in [6, 6.07) is 10.4. The number of rotatable bonds is 4. The van der Waals surface area contributed by atoms with Gasteiger partial charge in [0.05, 0.1) is 29.6 Å². The van der Waals surface area contributed by atoms with Crippen LogP contribution in [0.4, 0.5) is 0 Å². The second kappa shape index (κ2) is 16.1. The van der Waals surface area contributed by atoms with Crippen molar-refractivity contribution in [2.75, 3.05) is 14.1 Å². The summed E-state index contributed by atoms with van der Waals surface area (Å²) in [5.41, 5.74) is 6.89. The maximum absolute atomic E-state index is 11.5. The number of nitrogens with two attached hydrogens (primary N) is 1. The molecule has 1 atom stereocenters. The lowest BCUT2D eigenvalue weighted by Gasteiger charge is -2.21. The van der Waals surface area contributed by atoms with E-state index in [0.29, 0.717) is 28.5 Å². The minimum Gasteiger partial charge on any atom is -0.482 e. The predicted molar refractivity (Wildman–Crippen MR) is 147 cm³/mol. The van der Waals surface area contributed by atoms with E-state index in [1.807, 2.05) is 25.2 Å². The molecular weight excluding hydrogens is 515 g/mol. The van der Waals surface area contributed by atoms with E-state index >= 15 is 0 Å². The van der Waals surface area contributed by atoms with Crippen molar-refractivity contribution < 1.29 is 19.1 Å². The molecule has 1 fully saturated rings. The van der Waals surface area contributed by atoms with E-state index in [-0.39, 0.29) is 12.2 Å². The normalized spacial score (nSPS) is 16.5. The molecule has 1 unspecified atom stereocenters. The Morgan fingerprint density at radius 1 is 1.05 bits per heavy atom. The van der Waals surface area contributed by atoms with E-state index in [0.717, 1.165) is 47.6 Å². The number of hydrogen-bond donors (Lipinski definition) is 3. The Bertz CT molecular complexity index is 1160. The lowest BCUT2D eigenvalue weighted by molar-refractivity contribution is -0.114. The second-order valence-electron chi connectivity index (χ2n) is 8.47. The SMILES string of the molecule is CN.CNCc1nc2ccc(Cl)cc2[nH]1.O=CC1CC(=O)c2cc(Cl)ccc2O1.O=CC1CCCCC1. The maximum atomic E-state index is 11.5. The molecule has 2 heterocycles. The quantitative estimate of drug-likeness (QED) is 0.384. The molecule has 1 aliphatic heterocycles. The van der Waals surface area contributed by atoms with Gasteiger partial charge in [0.2, 0.25) is 0 Å². The van der Waals surface area contributed by atoms with Crippen molar-refractivity contribution in [3.63, 3.8) is 0 Å². The van der Waals surface area contributed by atoms with Gasteiger partial charge in [-0.05, 0) is 63.3 Å². The maximum Gasteiger partial charge on any atom is 0.170 e. The molecule has 5 rings (SSSR count). The Kier molecular flexibility index (Phi) is 13.3. The van der Waals surface area contributed by atoms with Crippen LogP contribution in [0.15, 0.2) is 36.4 Å². The average molecular weight is 549 g/mol. The molecule has 0 saturated heterocycles. The zero-order valence-electron chi connectivity index (χ0n) is 21.1. The number of carbonyl (C=O) groups excluding carboxylic acids is 3. The number of ether oxygens (including phenoxy) is 1. The fraction of sp³-hybridized carbons (Fsp3) is 0.407. The number of ketones is 1. The van der Waals surface area contributed by atoms with E-state index in [1.54, 1.807) is 18.2 Å². The number of fused-ring (bicyclic) bond motifs is 2. The van der Waals surface area contributed by atoms with Crippen molar-refractivity contribution in [2.45, 2.75) is 51.2 Å². The summed E-state index contributed by atoms with van der Waals surface area (Å²) >= 11 is 11.6. The molecule has 3 aromatic rings.